The molecule has 0 saturated carbocycles. The number of hydrogen-bond donors (Lipinski definition) is 0. The van der Waals surface area contributed by atoms with Crippen LogP contribution in [0.15, 0.2) is 85.1 Å². The number of rotatable bonds is 46. The van der Waals surface area contributed by atoms with Crippen LogP contribution in [0.1, 0.15) is 239 Å². The van der Waals surface area contributed by atoms with Gasteiger partial charge in [-0.15, -0.1) is 0 Å². The lowest BCUT2D eigenvalue weighted by atomic mass is 10.1. The van der Waals surface area contributed by atoms with Crippen LogP contribution in [0.25, 0.3) is 0 Å². The number of ether oxygens (including phenoxy) is 3. The second-order valence-electron chi connectivity index (χ2n) is 17.1. The summed E-state index contributed by atoms with van der Waals surface area (Å²) in [6.07, 6.45) is 65.6. The Labute approximate surface area is 388 Å². The SMILES string of the molecule is CC/C=C\C/C=C\CCCCCCCCCC(=O)OC(COC(=O)CCCCC/C=C\CCCCCCCC)COC(=O)CCCCCCC\C=C/C=C\C=C/C=C\CCCCC. The highest BCUT2D eigenvalue weighted by atomic mass is 16.6. The molecule has 6 heteroatoms. The average molecular weight is 877 g/mol. The van der Waals surface area contributed by atoms with Crippen molar-refractivity contribution in [3.05, 3.63) is 85.1 Å². The van der Waals surface area contributed by atoms with E-state index in [9.17, 15) is 14.4 Å². The molecule has 360 valence electrons. The van der Waals surface area contributed by atoms with Crippen LogP contribution in [0, 0.1) is 0 Å². The zero-order valence-corrected chi connectivity index (χ0v) is 41.1. The van der Waals surface area contributed by atoms with Gasteiger partial charge in [-0.25, -0.2) is 0 Å². The Morgan fingerprint density at radius 1 is 0.349 bits per heavy atom. The maximum absolute atomic E-state index is 12.8. The smallest absolute Gasteiger partial charge is 0.306 e. The topological polar surface area (TPSA) is 78.9 Å². The Morgan fingerprint density at radius 2 is 0.683 bits per heavy atom. The molecule has 0 radical (unpaired) electrons. The third-order valence-corrected chi connectivity index (χ3v) is 10.9. The number of carbonyl (C=O) groups is 3. The summed E-state index contributed by atoms with van der Waals surface area (Å²) in [6, 6.07) is 0. The fourth-order valence-electron chi connectivity index (χ4n) is 7.01. The second kappa shape index (κ2) is 51.2. The van der Waals surface area contributed by atoms with Crippen molar-refractivity contribution in [2.45, 2.75) is 245 Å². The highest BCUT2D eigenvalue weighted by Gasteiger charge is 2.19. The molecule has 0 saturated heterocycles. The molecule has 63 heavy (non-hydrogen) atoms. The van der Waals surface area contributed by atoms with Crippen LogP contribution in [0.5, 0.6) is 0 Å². The predicted molar refractivity (Wildman–Crippen MR) is 270 cm³/mol. The highest BCUT2D eigenvalue weighted by molar-refractivity contribution is 5.71. The number of esters is 3. The minimum Gasteiger partial charge on any atom is -0.462 e. The van der Waals surface area contributed by atoms with Gasteiger partial charge in [-0.1, -0.05) is 209 Å². The van der Waals surface area contributed by atoms with Crippen molar-refractivity contribution in [2.24, 2.45) is 0 Å². The van der Waals surface area contributed by atoms with Crippen LogP contribution < -0.4 is 0 Å². The lowest BCUT2D eigenvalue weighted by molar-refractivity contribution is -0.167. The molecule has 0 fully saturated rings. The zero-order valence-electron chi connectivity index (χ0n) is 41.1. The van der Waals surface area contributed by atoms with E-state index in [0.29, 0.717) is 19.3 Å². The fourth-order valence-corrected chi connectivity index (χ4v) is 7.01. The summed E-state index contributed by atoms with van der Waals surface area (Å²) in [5, 5.41) is 0. The van der Waals surface area contributed by atoms with E-state index in [4.69, 9.17) is 14.2 Å². The lowest BCUT2D eigenvalue weighted by Gasteiger charge is -2.18. The molecule has 0 aliphatic heterocycles. The monoisotopic (exact) mass is 877 g/mol. The van der Waals surface area contributed by atoms with E-state index >= 15 is 0 Å². The van der Waals surface area contributed by atoms with Gasteiger partial charge in [0.25, 0.3) is 0 Å². The first-order chi connectivity index (χ1) is 31.0. The van der Waals surface area contributed by atoms with Gasteiger partial charge in [0.1, 0.15) is 13.2 Å². The number of unbranched alkanes of at least 4 members (excludes halogenated alkanes) is 24. The average Bonchev–Trinajstić information content (AvgIpc) is 3.28. The summed E-state index contributed by atoms with van der Waals surface area (Å²) in [5.74, 6) is -0.943. The van der Waals surface area contributed by atoms with Gasteiger partial charge < -0.3 is 14.2 Å². The van der Waals surface area contributed by atoms with E-state index < -0.39 is 6.10 Å². The van der Waals surface area contributed by atoms with Gasteiger partial charge in [0, 0.05) is 19.3 Å². The summed E-state index contributed by atoms with van der Waals surface area (Å²) in [4.78, 5) is 38.0. The van der Waals surface area contributed by atoms with Gasteiger partial charge in [0.15, 0.2) is 6.10 Å². The quantitative estimate of drug-likeness (QED) is 0.0199. The third kappa shape index (κ3) is 49.5. The molecule has 1 unspecified atom stereocenters. The number of allylic oxidation sites excluding steroid dienone is 14. The van der Waals surface area contributed by atoms with Crippen molar-refractivity contribution >= 4 is 17.9 Å². The Morgan fingerprint density at radius 3 is 1.16 bits per heavy atom. The van der Waals surface area contributed by atoms with Crippen LogP contribution in [0.2, 0.25) is 0 Å². The summed E-state index contributed by atoms with van der Waals surface area (Å²) in [5.41, 5.74) is 0. The summed E-state index contributed by atoms with van der Waals surface area (Å²) >= 11 is 0. The van der Waals surface area contributed by atoms with Gasteiger partial charge in [0.2, 0.25) is 0 Å². The molecule has 0 spiro atoms. The van der Waals surface area contributed by atoms with E-state index in [1.54, 1.807) is 0 Å². The van der Waals surface area contributed by atoms with Crippen molar-refractivity contribution in [3.63, 3.8) is 0 Å². The molecule has 0 amide bonds. The van der Waals surface area contributed by atoms with Gasteiger partial charge in [-0.2, -0.15) is 0 Å². The molecule has 0 N–H and O–H groups in total. The molecule has 0 aliphatic carbocycles. The van der Waals surface area contributed by atoms with E-state index in [-0.39, 0.29) is 31.1 Å². The first-order valence-electron chi connectivity index (χ1n) is 26.1. The standard InChI is InChI=1S/C57H96O6/c1-4-7-10-13-16-19-22-25-27-28-29-30-33-35-38-41-44-47-50-56(59)62-53-54(52-61-55(58)49-46-43-40-37-34-31-24-21-18-15-12-9-6-3)63-57(60)51-48-45-42-39-36-32-26-23-20-17-14-11-8-5-2/h8,11,16-17,19-20,22,25,27-31,34,54H,4-7,9-10,12-15,18,21,23-24,26,32-33,35-53H2,1-3H3/b11-8-,19-16-,20-17-,25-22-,28-27-,30-29-,34-31-. The van der Waals surface area contributed by atoms with Crippen LogP contribution in [0.4, 0.5) is 0 Å². The normalized spacial score (nSPS) is 12.7. The van der Waals surface area contributed by atoms with E-state index in [1.165, 1.54) is 83.5 Å². The predicted octanol–water partition coefficient (Wildman–Crippen LogP) is 17.2. The molecule has 0 aromatic heterocycles. The molecular formula is C57H96O6. The summed E-state index contributed by atoms with van der Waals surface area (Å²) in [6.45, 7) is 6.44. The number of hydrogen-bond acceptors (Lipinski definition) is 6. The molecular weight excluding hydrogens is 781 g/mol. The fraction of sp³-hybridized carbons (Fsp3) is 0.702. The maximum atomic E-state index is 12.8. The first kappa shape index (κ1) is 59.6. The number of carbonyl (C=O) groups excluding carboxylic acids is 3. The minimum absolute atomic E-state index is 0.0961. The van der Waals surface area contributed by atoms with Crippen molar-refractivity contribution in [1.29, 1.82) is 0 Å². The van der Waals surface area contributed by atoms with Gasteiger partial charge in [0.05, 0.1) is 0 Å². The second-order valence-corrected chi connectivity index (χ2v) is 17.1. The minimum atomic E-state index is -0.796. The highest BCUT2D eigenvalue weighted by Crippen LogP contribution is 2.14. The molecule has 0 aromatic carbocycles. The molecule has 0 aromatic rings. The Balaban J connectivity index is 4.46. The van der Waals surface area contributed by atoms with Crippen molar-refractivity contribution < 1.29 is 28.6 Å². The van der Waals surface area contributed by atoms with Crippen molar-refractivity contribution in [2.75, 3.05) is 13.2 Å². The lowest BCUT2D eigenvalue weighted by Crippen LogP contribution is -2.30. The third-order valence-electron chi connectivity index (χ3n) is 10.9. The molecule has 0 heterocycles. The van der Waals surface area contributed by atoms with E-state index in [2.05, 4.69) is 106 Å². The summed E-state index contributed by atoms with van der Waals surface area (Å²) in [7, 11) is 0. The zero-order chi connectivity index (χ0) is 45.8. The van der Waals surface area contributed by atoms with Crippen molar-refractivity contribution in [1.82, 2.24) is 0 Å². The van der Waals surface area contributed by atoms with Gasteiger partial charge in [-0.3, -0.25) is 14.4 Å². The van der Waals surface area contributed by atoms with Crippen molar-refractivity contribution in [3.8, 4) is 0 Å². The molecule has 1 atom stereocenters. The molecule has 6 nitrogen and oxygen atoms in total. The Bertz CT molecular complexity index is 1240. The van der Waals surface area contributed by atoms with E-state index in [1.807, 2.05) is 0 Å². The largest absolute Gasteiger partial charge is 0.462 e. The van der Waals surface area contributed by atoms with Crippen LogP contribution >= 0.6 is 0 Å². The molecule has 0 rings (SSSR count). The first-order valence-corrected chi connectivity index (χ1v) is 26.1. The van der Waals surface area contributed by atoms with Crippen LogP contribution in [-0.2, 0) is 28.6 Å². The van der Waals surface area contributed by atoms with Crippen LogP contribution in [-0.4, -0.2) is 37.2 Å². The molecule has 0 bridgehead atoms. The van der Waals surface area contributed by atoms with Gasteiger partial charge >= 0.3 is 17.9 Å². The van der Waals surface area contributed by atoms with Crippen LogP contribution in [0.3, 0.4) is 0 Å². The van der Waals surface area contributed by atoms with E-state index in [0.717, 1.165) is 116 Å². The molecule has 0 aliphatic rings. The Kier molecular flexibility index (Phi) is 48.5. The maximum Gasteiger partial charge on any atom is 0.306 e. The summed E-state index contributed by atoms with van der Waals surface area (Å²) < 4.78 is 16.8. The Hall–Kier alpha value is -3.41. The van der Waals surface area contributed by atoms with Gasteiger partial charge in [-0.05, 0) is 96.3 Å².